The zero-order chi connectivity index (χ0) is 23.3. The SMILES string of the molecule is CCCC(CC)CCc1ccc2cc(-c3ccc(/C(C)=C(\C#N)S(N)(=O)=O)o3)ccc2c1. The van der Waals surface area contributed by atoms with Crippen molar-refractivity contribution in [3.63, 3.8) is 0 Å². The average Bonchev–Trinajstić information content (AvgIpc) is 3.26. The van der Waals surface area contributed by atoms with Crippen molar-refractivity contribution in [2.45, 2.75) is 52.9 Å². The molecule has 168 valence electrons. The van der Waals surface area contributed by atoms with Gasteiger partial charge >= 0.3 is 0 Å². The van der Waals surface area contributed by atoms with Crippen LogP contribution in [0.3, 0.4) is 0 Å². The summed E-state index contributed by atoms with van der Waals surface area (Å²) in [5.74, 6) is 1.69. The van der Waals surface area contributed by atoms with Crippen LogP contribution >= 0.6 is 0 Å². The van der Waals surface area contributed by atoms with E-state index in [1.165, 1.54) is 43.6 Å². The zero-order valence-electron chi connectivity index (χ0n) is 18.9. The van der Waals surface area contributed by atoms with Gasteiger partial charge in [-0.25, -0.2) is 13.6 Å². The summed E-state index contributed by atoms with van der Waals surface area (Å²) in [6.07, 6.45) is 6.08. The largest absolute Gasteiger partial charge is 0.456 e. The van der Waals surface area contributed by atoms with Crippen LogP contribution in [-0.2, 0) is 16.4 Å². The monoisotopic (exact) mass is 450 g/mol. The minimum Gasteiger partial charge on any atom is -0.456 e. The van der Waals surface area contributed by atoms with Gasteiger partial charge in [-0.05, 0) is 60.2 Å². The van der Waals surface area contributed by atoms with Crippen molar-refractivity contribution in [2.75, 3.05) is 0 Å². The number of primary sulfonamides is 1. The first kappa shape index (κ1) is 23.8. The van der Waals surface area contributed by atoms with Gasteiger partial charge in [0, 0.05) is 11.1 Å². The van der Waals surface area contributed by atoms with E-state index in [0.29, 0.717) is 11.5 Å². The van der Waals surface area contributed by atoms with Crippen LogP contribution < -0.4 is 5.14 Å². The van der Waals surface area contributed by atoms with Gasteiger partial charge in [0.05, 0.1) is 0 Å². The van der Waals surface area contributed by atoms with E-state index < -0.39 is 14.9 Å². The number of aryl methyl sites for hydroxylation is 1. The maximum absolute atomic E-state index is 11.6. The van der Waals surface area contributed by atoms with Gasteiger partial charge in [-0.1, -0.05) is 63.4 Å². The standard InChI is InChI=1S/C26H30N2O3S/c1-4-6-19(5-2)7-8-20-9-10-22-16-23(12-11-21(22)15-20)25-14-13-24(31-25)18(3)26(17-27)32(28,29)30/h9-16,19H,4-8H2,1-3H3,(H2,28,29,30)/b26-18+. The Morgan fingerprint density at radius 1 is 1.06 bits per heavy atom. The fraction of sp³-hybridized carbons (Fsp3) is 0.346. The highest BCUT2D eigenvalue weighted by Gasteiger charge is 2.19. The van der Waals surface area contributed by atoms with Crippen molar-refractivity contribution in [3.05, 3.63) is 64.8 Å². The summed E-state index contributed by atoms with van der Waals surface area (Å²) < 4.78 is 29.1. The maximum Gasteiger partial charge on any atom is 0.248 e. The molecule has 0 saturated heterocycles. The predicted octanol–water partition coefficient (Wildman–Crippen LogP) is 6.40. The van der Waals surface area contributed by atoms with E-state index in [4.69, 9.17) is 14.8 Å². The first-order valence-electron chi connectivity index (χ1n) is 11.0. The lowest BCUT2D eigenvalue weighted by atomic mass is 9.92. The summed E-state index contributed by atoms with van der Waals surface area (Å²) in [5.41, 5.74) is 2.43. The Hall–Kier alpha value is -2.88. The van der Waals surface area contributed by atoms with Crippen LogP contribution in [0.15, 0.2) is 57.9 Å². The number of allylic oxidation sites excluding steroid dienone is 2. The fourth-order valence-electron chi connectivity index (χ4n) is 4.10. The fourth-order valence-corrected chi connectivity index (χ4v) is 4.76. The Balaban J connectivity index is 1.84. The number of fused-ring (bicyclic) bond motifs is 1. The molecule has 0 amide bonds. The van der Waals surface area contributed by atoms with E-state index in [0.717, 1.165) is 23.3 Å². The third-order valence-corrected chi connectivity index (χ3v) is 6.97. The van der Waals surface area contributed by atoms with E-state index in [9.17, 15) is 8.42 Å². The summed E-state index contributed by atoms with van der Waals surface area (Å²) in [6, 6.07) is 17.8. The highest BCUT2D eigenvalue weighted by atomic mass is 32.2. The summed E-state index contributed by atoms with van der Waals surface area (Å²) in [4.78, 5) is -0.492. The number of furan rings is 1. The molecule has 1 heterocycles. The normalized spacial score (nSPS) is 13.6. The summed E-state index contributed by atoms with van der Waals surface area (Å²) in [7, 11) is -4.11. The molecule has 0 radical (unpaired) electrons. The third-order valence-electron chi connectivity index (χ3n) is 6.01. The zero-order valence-corrected chi connectivity index (χ0v) is 19.7. The van der Waals surface area contributed by atoms with E-state index in [-0.39, 0.29) is 5.57 Å². The highest BCUT2D eigenvalue weighted by molar-refractivity contribution is 7.93. The van der Waals surface area contributed by atoms with Gasteiger partial charge in [-0.15, -0.1) is 0 Å². The van der Waals surface area contributed by atoms with Gasteiger partial charge in [-0.3, -0.25) is 0 Å². The molecular formula is C26H30N2O3S. The van der Waals surface area contributed by atoms with Crippen LogP contribution in [0.2, 0.25) is 0 Å². The molecule has 1 atom stereocenters. The van der Waals surface area contributed by atoms with Crippen molar-refractivity contribution in [2.24, 2.45) is 11.1 Å². The Bertz CT molecular complexity index is 1280. The van der Waals surface area contributed by atoms with Crippen LogP contribution in [0.5, 0.6) is 0 Å². The van der Waals surface area contributed by atoms with Gasteiger partial charge in [0.2, 0.25) is 10.0 Å². The molecule has 2 aromatic carbocycles. The van der Waals surface area contributed by atoms with Crippen LogP contribution in [0.4, 0.5) is 0 Å². The number of nitrogens with two attached hydrogens (primary N) is 1. The Labute approximate surface area is 190 Å². The van der Waals surface area contributed by atoms with Crippen molar-refractivity contribution in [1.29, 1.82) is 5.26 Å². The number of rotatable bonds is 9. The van der Waals surface area contributed by atoms with Crippen LogP contribution in [0.25, 0.3) is 27.7 Å². The molecule has 0 aliphatic heterocycles. The van der Waals surface area contributed by atoms with E-state index >= 15 is 0 Å². The first-order chi connectivity index (χ1) is 15.3. The molecule has 0 bridgehead atoms. The molecular weight excluding hydrogens is 420 g/mol. The Morgan fingerprint density at radius 3 is 2.44 bits per heavy atom. The van der Waals surface area contributed by atoms with E-state index in [2.05, 4.69) is 44.2 Å². The second-order valence-corrected chi connectivity index (χ2v) is 9.77. The molecule has 3 rings (SSSR count). The first-order valence-corrected chi connectivity index (χ1v) is 12.6. The molecule has 2 N–H and O–H groups in total. The average molecular weight is 451 g/mol. The predicted molar refractivity (Wildman–Crippen MR) is 130 cm³/mol. The van der Waals surface area contributed by atoms with Crippen molar-refractivity contribution in [1.82, 2.24) is 0 Å². The lowest BCUT2D eigenvalue weighted by molar-refractivity contribution is 0.432. The molecule has 0 saturated carbocycles. The summed E-state index contributed by atoms with van der Waals surface area (Å²) >= 11 is 0. The lowest BCUT2D eigenvalue weighted by Gasteiger charge is -2.13. The molecule has 6 heteroatoms. The Morgan fingerprint density at radius 2 is 1.78 bits per heavy atom. The second kappa shape index (κ2) is 10.2. The number of nitriles is 1. The molecule has 0 aliphatic rings. The third kappa shape index (κ3) is 5.48. The minimum absolute atomic E-state index is 0.195. The summed E-state index contributed by atoms with van der Waals surface area (Å²) in [6.45, 7) is 6.03. The van der Waals surface area contributed by atoms with Gasteiger partial charge in [-0.2, -0.15) is 5.26 Å². The van der Waals surface area contributed by atoms with Crippen LogP contribution in [-0.4, -0.2) is 8.42 Å². The smallest absolute Gasteiger partial charge is 0.248 e. The van der Waals surface area contributed by atoms with Crippen LogP contribution in [0, 0.1) is 17.2 Å². The molecule has 3 aromatic rings. The molecule has 0 spiro atoms. The quantitative estimate of drug-likeness (QED) is 0.381. The van der Waals surface area contributed by atoms with Gasteiger partial charge in [0.25, 0.3) is 0 Å². The number of benzene rings is 2. The molecule has 1 aromatic heterocycles. The molecule has 32 heavy (non-hydrogen) atoms. The molecule has 0 aliphatic carbocycles. The number of hydrogen-bond donors (Lipinski definition) is 1. The molecule has 5 nitrogen and oxygen atoms in total. The topological polar surface area (TPSA) is 97.1 Å². The van der Waals surface area contributed by atoms with Crippen molar-refractivity contribution >= 4 is 26.4 Å². The molecule has 0 fully saturated rings. The van der Waals surface area contributed by atoms with Crippen LogP contribution in [0.1, 0.15) is 57.8 Å². The molecule has 1 unspecified atom stereocenters. The maximum atomic E-state index is 11.6. The van der Waals surface area contributed by atoms with Crippen molar-refractivity contribution in [3.8, 4) is 17.4 Å². The highest BCUT2D eigenvalue weighted by Crippen LogP contribution is 2.30. The summed E-state index contributed by atoms with van der Waals surface area (Å²) in [5, 5.41) is 16.6. The van der Waals surface area contributed by atoms with Gasteiger partial charge < -0.3 is 4.42 Å². The second-order valence-electron chi connectivity index (χ2n) is 8.27. The Kier molecular flexibility index (Phi) is 7.55. The van der Waals surface area contributed by atoms with E-state index in [1.807, 2.05) is 6.07 Å². The minimum atomic E-state index is -4.11. The van der Waals surface area contributed by atoms with Crippen molar-refractivity contribution < 1.29 is 12.8 Å². The lowest BCUT2D eigenvalue weighted by Crippen LogP contribution is -2.14. The number of nitrogens with zero attached hydrogens (tertiary/aromatic N) is 1. The number of sulfonamides is 1. The van der Waals surface area contributed by atoms with E-state index in [1.54, 1.807) is 18.2 Å². The van der Waals surface area contributed by atoms with Gasteiger partial charge in [0.1, 0.15) is 17.6 Å². The number of hydrogen-bond acceptors (Lipinski definition) is 4. The van der Waals surface area contributed by atoms with Gasteiger partial charge in [0.15, 0.2) is 4.91 Å².